The third kappa shape index (κ3) is 8.87. The van der Waals surface area contributed by atoms with Crippen LogP contribution in [0.15, 0.2) is 12.7 Å². The lowest BCUT2D eigenvalue weighted by Gasteiger charge is -2.36. The van der Waals surface area contributed by atoms with E-state index in [2.05, 4.69) is 27.8 Å². The Morgan fingerprint density at radius 2 is 1.75 bits per heavy atom. The van der Waals surface area contributed by atoms with Gasteiger partial charge >= 0.3 is 6.03 Å². The van der Waals surface area contributed by atoms with Crippen molar-refractivity contribution >= 4 is 40.3 Å². The smallest absolute Gasteiger partial charge is 0.315 e. The van der Waals surface area contributed by atoms with Crippen LogP contribution in [0.4, 0.5) is 4.79 Å². The van der Waals surface area contributed by atoms with Gasteiger partial charge in [0.1, 0.15) is 12.1 Å². The minimum absolute atomic E-state index is 0.108. The lowest BCUT2D eigenvalue weighted by molar-refractivity contribution is -0.143. The van der Waals surface area contributed by atoms with Crippen molar-refractivity contribution in [3.8, 4) is 0 Å². The Hall–Kier alpha value is -2.76. The monoisotopic (exact) mass is 581 g/mol. The molecule has 40 heavy (non-hydrogen) atoms. The lowest BCUT2D eigenvalue weighted by Crippen LogP contribution is -2.61. The molecule has 6 atom stereocenters. The maximum absolute atomic E-state index is 13.8. The zero-order chi connectivity index (χ0) is 30.0. The van der Waals surface area contributed by atoms with E-state index in [1.165, 1.54) is 11.0 Å². The van der Waals surface area contributed by atoms with Gasteiger partial charge in [-0.25, -0.2) is 4.79 Å². The second-order valence-electron chi connectivity index (χ2n) is 11.6. The van der Waals surface area contributed by atoms with Crippen molar-refractivity contribution in [2.45, 2.75) is 109 Å². The Balaban J connectivity index is 2.14. The molecular formula is C28H47N5O6S. The second kappa shape index (κ2) is 15.3. The highest BCUT2D eigenvalue weighted by Gasteiger charge is 2.43. The lowest BCUT2D eigenvalue weighted by atomic mass is 9.85. The van der Waals surface area contributed by atoms with Crippen molar-refractivity contribution in [2.24, 2.45) is 5.41 Å². The molecule has 6 unspecified atom stereocenters. The van der Waals surface area contributed by atoms with Crippen molar-refractivity contribution in [3.63, 3.8) is 0 Å². The van der Waals surface area contributed by atoms with Crippen LogP contribution in [0.3, 0.4) is 0 Å². The number of carbonyl (C=O) groups excluding carboxylic acids is 5. The summed E-state index contributed by atoms with van der Waals surface area (Å²) in [6.07, 6.45) is 5.57. The fourth-order valence-electron chi connectivity index (χ4n) is 5.25. The van der Waals surface area contributed by atoms with Gasteiger partial charge in [-0.3, -0.25) is 23.4 Å². The average molecular weight is 582 g/mol. The summed E-state index contributed by atoms with van der Waals surface area (Å²) in [5, 5.41) is 10.8. The summed E-state index contributed by atoms with van der Waals surface area (Å²) < 4.78 is 12.4. The standard InChI is InChI=1S/C28H47N5O6S/c1-7-12-19(22(34)25(36)29-15-8-2)30-24(35)20-13-10-16-33(20)26(37)23(28(4,5)6)32-27(38)31-18(9-3)21-14-11-17-40(21)39/h8,18-21,23H,2,7,9-17H2,1,3-6H3,(H,29,36)(H,30,35)(H2,31,32,38). The molecule has 0 bridgehead atoms. The highest BCUT2D eigenvalue weighted by atomic mass is 32.2. The molecule has 2 heterocycles. The molecule has 0 aromatic heterocycles. The van der Waals surface area contributed by atoms with Crippen molar-refractivity contribution in [1.82, 2.24) is 26.2 Å². The Morgan fingerprint density at radius 1 is 1.05 bits per heavy atom. The van der Waals surface area contributed by atoms with Gasteiger partial charge in [0.2, 0.25) is 17.6 Å². The fourth-order valence-corrected chi connectivity index (χ4v) is 7.06. The molecule has 12 heteroatoms. The molecule has 0 radical (unpaired) electrons. The molecule has 11 nitrogen and oxygen atoms in total. The number of nitrogens with zero attached hydrogens (tertiary/aromatic N) is 1. The van der Waals surface area contributed by atoms with Crippen LogP contribution in [0, 0.1) is 5.41 Å². The summed E-state index contributed by atoms with van der Waals surface area (Å²) >= 11 is 0. The first-order valence-corrected chi connectivity index (χ1v) is 15.7. The maximum atomic E-state index is 13.8. The van der Waals surface area contributed by atoms with Gasteiger partial charge in [0, 0.05) is 35.7 Å². The van der Waals surface area contributed by atoms with Gasteiger partial charge in [0.15, 0.2) is 0 Å². The number of rotatable bonds is 13. The number of carbonyl (C=O) groups is 5. The van der Waals surface area contributed by atoms with Gasteiger partial charge in [-0.1, -0.05) is 47.1 Å². The van der Waals surface area contributed by atoms with E-state index in [9.17, 15) is 28.2 Å². The molecule has 226 valence electrons. The summed E-state index contributed by atoms with van der Waals surface area (Å²) in [7, 11) is -0.988. The van der Waals surface area contributed by atoms with Crippen molar-refractivity contribution in [1.29, 1.82) is 0 Å². The van der Waals surface area contributed by atoms with Gasteiger partial charge in [-0.2, -0.15) is 0 Å². The van der Waals surface area contributed by atoms with Crippen LogP contribution in [0.1, 0.15) is 79.6 Å². The number of urea groups is 1. The number of hydrogen-bond acceptors (Lipinski definition) is 6. The quantitative estimate of drug-likeness (QED) is 0.191. The van der Waals surface area contributed by atoms with Crippen LogP contribution in [0.25, 0.3) is 0 Å². The zero-order valence-electron chi connectivity index (χ0n) is 24.5. The number of Topliss-reactive ketones (excluding diaryl/α,β-unsaturated/α-hetero) is 1. The van der Waals surface area contributed by atoms with Crippen LogP contribution in [0.2, 0.25) is 0 Å². The van der Waals surface area contributed by atoms with E-state index in [0.29, 0.717) is 38.0 Å². The third-order valence-corrected chi connectivity index (χ3v) is 9.38. The molecule has 2 aliphatic rings. The Bertz CT molecular complexity index is 981. The van der Waals surface area contributed by atoms with Crippen molar-refractivity contribution in [3.05, 3.63) is 12.7 Å². The van der Waals surface area contributed by atoms with Crippen LogP contribution in [0.5, 0.6) is 0 Å². The fraction of sp³-hybridized carbons (Fsp3) is 0.750. The molecule has 0 spiro atoms. The summed E-state index contributed by atoms with van der Waals surface area (Å²) in [5.74, 6) is -1.79. The third-order valence-electron chi connectivity index (χ3n) is 7.44. The van der Waals surface area contributed by atoms with Gasteiger partial charge < -0.3 is 26.2 Å². The summed E-state index contributed by atoms with van der Waals surface area (Å²) in [4.78, 5) is 66.5. The largest absolute Gasteiger partial charge is 0.346 e. The highest BCUT2D eigenvalue weighted by molar-refractivity contribution is 7.86. The molecule has 2 rings (SSSR count). The van der Waals surface area contributed by atoms with Gasteiger partial charge in [0.05, 0.1) is 11.3 Å². The topological polar surface area (TPSA) is 154 Å². The summed E-state index contributed by atoms with van der Waals surface area (Å²) in [5.41, 5.74) is -0.667. The maximum Gasteiger partial charge on any atom is 0.315 e. The van der Waals surface area contributed by atoms with E-state index in [4.69, 9.17) is 0 Å². The predicted molar refractivity (Wildman–Crippen MR) is 155 cm³/mol. The van der Waals surface area contributed by atoms with E-state index >= 15 is 0 Å². The summed E-state index contributed by atoms with van der Waals surface area (Å²) in [6, 6.07) is -3.53. The first-order valence-electron chi connectivity index (χ1n) is 14.3. The van der Waals surface area contributed by atoms with Crippen LogP contribution in [-0.2, 0) is 30.0 Å². The number of nitrogens with one attached hydrogen (secondary N) is 4. The molecule has 0 aromatic carbocycles. The van der Waals surface area contributed by atoms with E-state index < -0.39 is 58.0 Å². The number of ketones is 1. The Kier molecular flexibility index (Phi) is 12.8. The molecule has 2 fully saturated rings. The number of likely N-dealkylation sites (tertiary alicyclic amines) is 1. The first kappa shape index (κ1) is 33.4. The van der Waals surface area contributed by atoms with Gasteiger partial charge in [-0.05, 0) is 43.9 Å². The van der Waals surface area contributed by atoms with Crippen LogP contribution >= 0.6 is 0 Å². The average Bonchev–Trinajstić information content (AvgIpc) is 3.56. The van der Waals surface area contributed by atoms with E-state index in [1.807, 2.05) is 34.6 Å². The van der Waals surface area contributed by atoms with E-state index in [0.717, 1.165) is 12.8 Å². The van der Waals surface area contributed by atoms with Gasteiger partial charge in [0.25, 0.3) is 5.91 Å². The molecule has 5 amide bonds. The van der Waals surface area contributed by atoms with Crippen molar-refractivity contribution in [2.75, 3.05) is 18.8 Å². The molecule has 4 N–H and O–H groups in total. The molecule has 2 aliphatic heterocycles. The minimum atomic E-state index is -1.01. The highest BCUT2D eigenvalue weighted by Crippen LogP contribution is 2.26. The minimum Gasteiger partial charge on any atom is -0.346 e. The summed E-state index contributed by atoms with van der Waals surface area (Å²) in [6.45, 7) is 13.3. The molecular weight excluding hydrogens is 534 g/mol. The molecule has 0 saturated carbocycles. The zero-order valence-corrected chi connectivity index (χ0v) is 25.4. The van der Waals surface area contributed by atoms with Gasteiger partial charge in [-0.15, -0.1) is 6.58 Å². The van der Waals surface area contributed by atoms with E-state index in [-0.39, 0.29) is 30.2 Å². The normalized spacial score (nSPS) is 23.0. The Morgan fingerprint density at radius 3 is 2.30 bits per heavy atom. The first-order chi connectivity index (χ1) is 18.8. The predicted octanol–water partition coefficient (Wildman–Crippen LogP) is 1.54. The second-order valence-corrected chi connectivity index (χ2v) is 13.4. The van der Waals surface area contributed by atoms with E-state index in [1.54, 1.807) is 0 Å². The number of hydrogen-bond donors (Lipinski definition) is 4. The number of amides is 5. The SMILES string of the molecule is C=CCNC(=O)C(=O)C(CCC)NC(=O)C1CCCN1C(=O)C(NC(=O)NC(CC)C1CCCS1=O)C(C)(C)C. The molecule has 2 saturated heterocycles. The molecule has 0 aromatic rings. The van der Waals surface area contributed by atoms with Crippen LogP contribution < -0.4 is 21.3 Å². The molecule has 0 aliphatic carbocycles. The Labute approximate surface area is 240 Å². The van der Waals surface area contributed by atoms with Crippen LogP contribution in [-0.4, -0.2) is 86.9 Å². The van der Waals surface area contributed by atoms with Crippen molar-refractivity contribution < 1.29 is 28.2 Å².